The number of nitrogens with one attached hydrogen (secondary N) is 1. The van der Waals surface area contributed by atoms with Crippen molar-refractivity contribution in [1.29, 1.82) is 0 Å². The third-order valence-electron chi connectivity index (χ3n) is 3.03. The fourth-order valence-electron chi connectivity index (χ4n) is 2.13. The zero-order valence-corrected chi connectivity index (χ0v) is 11.6. The van der Waals surface area contributed by atoms with E-state index in [-0.39, 0.29) is 0 Å². The molecule has 0 aromatic heterocycles. The summed E-state index contributed by atoms with van der Waals surface area (Å²) in [6.45, 7) is 6.65. The molecule has 2 saturated heterocycles. The highest BCUT2D eigenvalue weighted by Gasteiger charge is 2.20. The van der Waals surface area contributed by atoms with Crippen molar-refractivity contribution in [2.45, 2.75) is 12.8 Å². The number of hydrogen-bond donors (Lipinski definition) is 3. The first kappa shape index (κ1) is 16.3. The van der Waals surface area contributed by atoms with Gasteiger partial charge in [0, 0.05) is 39.3 Å². The molecule has 0 bridgehead atoms. The summed E-state index contributed by atoms with van der Waals surface area (Å²) < 4.78 is 31.6. The molecule has 0 saturated carbocycles. The van der Waals surface area contributed by atoms with Gasteiger partial charge in [-0.15, -0.1) is 0 Å². The Balaban J connectivity index is 0.000000312. The lowest BCUT2D eigenvalue weighted by molar-refractivity contribution is -0.131. The predicted molar refractivity (Wildman–Crippen MR) is 69.3 cm³/mol. The molecule has 112 valence electrons. The van der Waals surface area contributed by atoms with Crippen molar-refractivity contribution in [2.75, 3.05) is 45.8 Å². The van der Waals surface area contributed by atoms with Gasteiger partial charge in [-0.25, -0.2) is 0 Å². The number of amides is 1. The molecule has 9 heteroatoms. The van der Waals surface area contributed by atoms with E-state index >= 15 is 0 Å². The van der Waals surface area contributed by atoms with Crippen LogP contribution < -0.4 is 5.32 Å². The van der Waals surface area contributed by atoms with Crippen LogP contribution in [0.1, 0.15) is 12.8 Å². The number of piperazine rings is 1. The summed E-state index contributed by atoms with van der Waals surface area (Å²) in [6.07, 6.45) is 2.38. The number of nitrogens with zero attached hydrogens (tertiary/aromatic N) is 2. The first-order valence-corrected chi connectivity index (χ1v) is 7.66. The van der Waals surface area contributed by atoms with Crippen LogP contribution >= 0.6 is 0 Å². The van der Waals surface area contributed by atoms with Gasteiger partial charge in [-0.1, -0.05) is 0 Å². The topological polar surface area (TPSA) is 110 Å². The first-order valence-electron chi connectivity index (χ1n) is 6.27. The Bertz CT molecular complexity index is 367. The predicted octanol–water partition coefficient (Wildman–Crippen LogP) is -1.14. The number of likely N-dealkylation sites (tertiary alicyclic amines) is 1. The average molecular weight is 295 g/mol. The number of carbonyl (C=O) groups excluding carboxylic acids is 1. The molecule has 0 radical (unpaired) electrons. The van der Waals surface area contributed by atoms with E-state index in [0.29, 0.717) is 12.5 Å². The highest BCUT2D eigenvalue weighted by molar-refractivity contribution is 7.79. The molecule has 0 aromatic rings. The van der Waals surface area contributed by atoms with E-state index in [1.54, 1.807) is 0 Å². The molecule has 8 nitrogen and oxygen atoms in total. The minimum absolute atomic E-state index is 0.324. The van der Waals surface area contributed by atoms with Gasteiger partial charge in [-0.2, -0.15) is 8.42 Å². The molecule has 2 rings (SSSR count). The van der Waals surface area contributed by atoms with E-state index in [1.165, 1.54) is 12.8 Å². The molecule has 0 spiro atoms. The summed E-state index contributed by atoms with van der Waals surface area (Å²) in [5.74, 6) is 0.324. The average Bonchev–Trinajstić information content (AvgIpc) is 2.81. The minimum Gasteiger partial charge on any atom is -0.342 e. The van der Waals surface area contributed by atoms with E-state index in [0.717, 1.165) is 39.3 Å². The van der Waals surface area contributed by atoms with Crippen LogP contribution in [0.25, 0.3) is 0 Å². The highest BCUT2D eigenvalue weighted by Crippen LogP contribution is 2.08. The Kier molecular flexibility index (Phi) is 6.66. The van der Waals surface area contributed by atoms with E-state index < -0.39 is 10.4 Å². The highest BCUT2D eigenvalue weighted by atomic mass is 32.3. The molecule has 2 aliphatic heterocycles. The van der Waals surface area contributed by atoms with Gasteiger partial charge < -0.3 is 10.2 Å². The SMILES string of the molecule is O=C(CN1CCNCC1)N1CCCC1.O=S(=O)(O)O. The maximum absolute atomic E-state index is 11.8. The van der Waals surface area contributed by atoms with Gasteiger partial charge in [0.2, 0.25) is 5.91 Å². The first-order chi connectivity index (χ1) is 8.86. The van der Waals surface area contributed by atoms with Crippen LogP contribution in [-0.2, 0) is 15.2 Å². The molecule has 0 unspecified atom stereocenters. The molecule has 1 amide bonds. The Morgan fingerprint density at radius 3 is 2.00 bits per heavy atom. The molecule has 2 heterocycles. The summed E-state index contributed by atoms with van der Waals surface area (Å²) in [7, 11) is -4.67. The molecule has 19 heavy (non-hydrogen) atoms. The maximum Gasteiger partial charge on any atom is 0.394 e. The van der Waals surface area contributed by atoms with Crippen molar-refractivity contribution in [2.24, 2.45) is 0 Å². The molecule has 0 aliphatic carbocycles. The van der Waals surface area contributed by atoms with Gasteiger partial charge in [-0.3, -0.25) is 18.8 Å². The fourth-order valence-corrected chi connectivity index (χ4v) is 2.13. The van der Waals surface area contributed by atoms with Crippen LogP contribution in [0.2, 0.25) is 0 Å². The molecule has 2 fully saturated rings. The molecule has 2 aliphatic rings. The van der Waals surface area contributed by atoms with Gasteiger partial charge in [0.15, 0.2) is 0 Å². The fraction of sp³-hybridized carbons (Fsp3) is 0.900. The summed E-state index contributed by atoms with van der Waals surface area (Å²) in [5, 5.41) is 3.29. The van der Waals surface area contributed by atoms with Gasteiger partial charge >= 0.3 is 10.4 Å². The minimum atomic E-state index is -4.67. The molecular formula is C10H21N3O5S. The summed E-state index contributed by atoms with van der Waals surface area (Å²) in [6, 6.07) is 0. The van der Waals surface area contributed by atoms with Gasteiger partial charge in [0.1, 0.15) is 0 Å². The third kappa shape index (κ3) is 8.11. The van der Waals surface area contributed by atoms with Gasteiger partial charge in [0.25, 0.3) is 0 Å². The Morgan fingerprint density at radius 2 is 1.53 bits per heavy atom. The summed E-state index contributed by atoms with van der Waals surface area (Å²) in [5.41, 5.74) is 0. The van der Waals surface area contributed by atoms with Crippen molar-refractivity contribution in [3.63, 3.8) is 0 Å². The lowest BCUT2D eigenvalue weighted by Crippen LogP contribution is -2.48. The Morgan fingerprint density at radius 1 is 1.05 bits per heavy atom. The van der Waals surface area contributed by atoms with Gasteiger partial charge in [0.05, 0.1) is 6.54 Å². The molecule has 0 aromatic carbocycles. The molecule has 3 N–H and O–H groups in total. The third-order valence-corrected chi connectivity index (χ3v) is 3.03. The zero-order valence-electron chi connectivity index (χ0n) is 10.8. The molecular weight excluding hydrogens is 274 g/mol. The zero-order chi connectivity index (χ0) is 14.3. The van der Waals surface area contributed by atoms with Crippen LogP contribution in [0.3, 0.4) is 0 Å². The monoisotopic (exact) mass is 295 g/mol. The van der Waals surface area contributed by atoms with Crippen LogP contribution in [0.4, 0.5) is 0 Å². The lowest BCUT2D eigenvalue weighted by atomic mass is 10.3. The van der Waals surface area contributed by atoms with Crippen molar-refractivity contribution >= 4 is 16.3 Å². The quantitative estimate of drug-likeness (QED) is 0.552. The van der Waals surface area contributed by atoms with E-state index in [2.05, 4.69) is 10.2 Å². The van der Waals surface area contributed by atoms with Crippen LogP contribution in [0.5, 0.6) is 0 Å². The smallest absolute Gasteiger partial charge is 0.342 e. The summed E-state index contributed by atoms with van der Waals surface area (Å²) >= 11 is 0. The van der Waals surface area contributed by atoms with Crippen molar-refractivity contribution < 1.29 is 22.3 Å². The molecule has 0 atom stereocenters. The van der Waals surface area contributed by atoms with Crippen LogP contribution in [-0.4, -0.2) is 79.0 Å². The second-order valence-corrected chi connectivity index (χ2v) is 5.46. The number of carbonyl (C=O) groups is 1. The van der Waals surface area contributed by atoms with E-state index in [1.807, 2.05) is 4.90 Å². The Labute approximate surface area is 113 Å². The second kappa shape index (κ2) is 7.75. The van der Waals surface area contributed by atoms with Crippen LogP contribution in [0.15, 0.2) is 0 Å². The standard InChI is InChI=1S/C10H19N3O.H2O4S/c14-10(13-5-1-2-6-13)9-12-7-3-11-4-8-12;1-5(2,3)4/h11H,1-9H2;(H2,1,2,3,4). The van der Waals surface area contributed by atoms with Gasteiger partial charge in [-0.05, 0) is 12.8 Å². The lowest BCUT2D eigenvalue weighted by Gasteiger charge is -2.28. The summed E-state index contributed by atoms with van der Waals surface area (Å²) in [4.78, 5) is 16.0. The maximum atomic E-state index is 11.8. The largest absolute Gasteiger partial charge is 0.394 e. The van der Waals surface area contributed by atoms with Crippen LogP contribution in [0, 0.1) is 0 Å². The van der Waals surface area contributed by atoms with E-state index in [9.17, 15) is 4.79 Å². The number of hydrogen-bond acceptors (Lipinski definition) is 5. The number of rotatable bonds is 2. The normalized spacial score (nSPS) is 20.8. The van der Waals surface area contributed by atoms with Crippen molar-refractivity contribution in [3.8, 4) is 0 Å². The van der Waals surface area contributed by atoms with E-state index in [4.69, 9.17) is 17.5 Å². The van der Waals surface area contributed by atoms with Crippen molar-refractivity contribution in [1.82, 2.24) is 15.1 Å². The Hall–Kier alpha value is -0.740. The second-order valence-electron chi connectivity index (χ2n) is 4.56. The van der Waals surface area contributed by atoms with Crippen molar-refractivity contribution in [3.05, 3.63) is 0 Å².